The molecular formula is C25H34F2. The Bertz CT molecular complexity index is 630. The summed E-state index contributed by atoms with van der Waals surface area (Å²) in [5.74, 6) is 1.95. The van der Waals surface area contributed by atoms with Crippen molar-refractivity contribution in [3.8, 4) is 0 Å². The molecule has 0 unspecified atom stereocenters. The van der Waals surface area contributed by atoms with Gasteiger partial charge in [-0.2, -0.15) is 0 Å². The first kappa shape index (κ1) is 20.3. The summed E-state index contributed by atoms with van der Waals surface area (Å²) in [7, 11) is 0. The molecule has 0 saturated heterocycles. The molecule has 0 aliphatic heterocycles. The first-order valence-corrected chi connectivity index (χ1v) is 10.9. The van der Waals surface area contributed by atoms with E-state index in [-0.39, 0.29) is 0 Å². The summed E-state index contributed by atoms with van der Waals surface area (Å²) < 4.78 is 26.2. The lowest BCUT2D eigenvalue weighted by atomic mass is 9.69. The number of hydrogen-bond donors (Lipinski definition) is 0. The molecule has 3 rings (SSSR count). The van der Waals surface area contributed by atoms with Gasteiger partial charge >= 0.3 is 0 Å². The second kappa shape index (κ2) is 10.2. The van der Waals surface area contributed by atoms with E-state index in [1.807, 2.05) is 0 Å². The van der Waals surface area contributed by atoms with Crippen LogP contribution in [0.4, 0.5) is 8.78 Å². The molecular weight excluding hydrogens is 338 g/mol. The molecule has 2 fully saturated rings. The molecule has 27 heavy (non-hydrogen) atoms. The Morgan fingerprint density at radius 1 is 0.815 bits per heavy atom. The predicted molar refractivity (Wildman–Crippen MR) is 110 cm³/mol. The number of benzene rings is 1. The van der Waals surface area contributed by atoms with Crippen LogP contribution in [0, 0.1) is 35.3 Å². The fourth-order valence-electron chi connectivity index (χ4n) is 5.12. The van der Waals surface area contributed by atoms with Crippen molar-refractivity contribution in [3.05, 3.63) is 59.7 Å². The lowest BCUT2D eigenvalue weighted by molar-refractivity contribution is 0.166. The molecule has 0 amide bonds. The van der Waals surface area contributed by atoms with Crippen molar-refractivity contribution in [1.82, 2.24) is 0 Å². The third kappa shape index (κ3) is 6.02. The molecule has 0 atom stereocenters. The first-order valence-electron chi connectivity index (χ1n) is 10.9. The third-order valence-corrected chi connectivity index (χ3v) is 6.76. The van der Waals surface area contributed by atoms with Gasteiger partial charge in [-0.3, -0.25) is 0 Å². The van der Waals surface area contributed by atoms with E-state index >= 15 is 0 Å². The fraction of sp³-hybridized carbons (Fsp3) is 0.600. The second-order valence-electron chi connectivity index (χ2n) is 8.59. The lowest BCUT2D eigenvalue weighted by Gasteiger charge is -2.36. The van der Waals surface area contributed by atoms with E-state index in [9.17, 15) is 8.78 Å². The predicted octanol–water partition coefficient (Wildman–Crippen LogP) is 7.64. The Hall–Kier alpha value is -1.44. The van der Waals surface area contributed by atoms with Crippen LogP contribution in [0.2, 0.25) is 0 Å². The quantitative estimate of drug-likeness (QED) is 0.450. The monoisotopic (exact) mass is 372 g/mol. The van der Waals surface area contributed by atoms with Gasteiger partial charge in [0.2, 0.25) is 0 Å². The van der Waals surface area contributed by atoms with Crippen molar-refractivity contribution in [1.29, 1.82) is 0 Å². The Kier molecular flexibility index (Phi) is 7.67. The summed E-state index contributed by atoms with van der Waals surface area (Å²) in [4.78, 5) is 0. The third-order valence-electron chi connectivity index (χ3n) is 6.76. The summed E-state index contributed by atoms with van der Waals surface area (Å²) >= 11 is 0. The Labute approximate surface area is 163 Å². The van der Waals surface area contributed by atoms with Crippen molar-refractivity contribution in [3.63, 3.8) is 0 Å². The number of allylic oxidation sites excluding steroid dienone is 4. The molecule has 2 saturated carbocycles. The standard InChI is InChI=1S/C25H34F2/c1-2-5-19-8-13-22(14-9-19)23-15-10-20(11-16-23)6-3-4-7-21-12-17-24(26)25(27)18-21/h2-3,5-6,12,17-20,22-23H,4,7-11,13-16H2,1H3/b5-2+,6-3+/t19-,20?,22-,23?. The average molecular weight is 373 g/mol. The topological polar surface area (TPSA) is 0 Å². The van der Waals surface area contributed by atoms with Crippen LogP contribution in [0.15, 0.2) is 42.5 Å². The number of halogens is 2. The maximum absolute atomic E-state index is 13.2. The minimum Gasteiger partial charge on any atom is -0.204 e. The van der Waals surface area contributed by atoms with Crippen molar-refractivity contribution < 1.29 is 8.78 Å². The van der Waals surface area contributed by atoms with E-state index < -0.39 is 11.6 Å². The summed E-state index contributed by atoms with van der Waals surface area (Å²) in [6.45, 7) is 2.14. The minimum absolute atomic E-state index is 0.713. The number of hydrogen-bond acceptors (Lipinski definition) is 0. The van der Waals surface area contributed by atoms with Gasteiger partial charge in [0.15, 0.2) is 11.6 Å². The van der Waals surface area contributed by atoms with Crippen LogP contribution in [0.1, 0.15) is 70.3 Å². The highest BCUT2D eigenvalue weighted by Crippen LogP contribution is 2.41. The minimum atomic E-state index is -0.763. The van der Waals surface area contributed by atoms with Gasteiger partial charge in [-0.1, -0.05) is 30.4 Å². The summed E-state index contributed by atoms with van der Waals surface area (Å²) in [6.07, 6.45) is 22.0. The van der Waals surface area contributed by atoms with Gasteiger partial charge in [0.1, 0.15) is 0 Å². The molecule has 0 bridgehead atoms. The number of rotatable bonds is 6. The van der Waals surface area contributed by atoms with Crippen molar-refractivity contribution in [2.45, 2.75) is 71.1 Å². The van der Waals surface area contributed by atoms with Crippen LogP contribution in [0.25, 0.3) is 0 Å². The van der Waals surface area contributed by atoms with Crippen LogP contribution < -0.4 is 0 Å². The highest BCUT2D eigenvalue weighted by Gasteiger charge is 2.29. The summed E-state index contributed by atoms with van der Waals surface area (Å²) in [5.41, 5.74) is 0.871. The fourth-order valence-corrected chi connectivity index (χ4v) is 5.12. The SMILES string of the molecule is C/C=C/[C@H]1CC[C@H](C2CCC(/C=C/CCc3ccc(F)c(F)c3)CC2)CC1. The zero-order valence-corrected chi connectivity index (χ0v) is 16.7. The molecule has 0 nitrogen and oxygen atoms in total. The largest absolute Gasteiger partial charge is 0.204 e. The highest BCUT2D eigenvalue weighted by atomic mass is 19.2. The van der Waals surface area contributed by atoms with Gasteiger partial charge in [0, 0.05) is 0 Å². The van der Waals surface area contributed by atoms with Gasteiger partial charge in [0.05, 0.1) is 0 Å². The Balaban J connectivity index is 1.35. The van der Waals surface area contributed by atoms with Crippen molar-refractivity contribution >= 4 is 0 Å². The molecule has 148 valence electrons. The van der Waals surface area contributed by atoms with Gasteiger partial charge in [0.25, 0.3) is 0 Å². The normalized spacial score (nSPS) is 29.6. The molecule has 0 spiro atoms. The van der Waals surface area contributed by atoms with Crippen molar-refractivity contribution in [2.24, 2.45) is 23.7 Å². The van der Waals surface area contributed by atoms with E-state index in [1.165, 1.54) is 63.5 Å². The maximum atomic E-state index is 13.2. The van der Waals surface area contributed by atoms with Crippen LogP contribution in [0.3, 0.4) is 0 Å². The van der Waals surface area contributed by atoms with Crippen LogP contribution in [-0.2, 0) is 6.42 Å². The Morgan fingerprint density at radius 2 is 1.41 bits per heavy atom. The van der Waals surface area contributed by atoms with Crippen LogP contribution in [-0.4, -0.2) is 0 Å². The lowest BCUT2D eigenvalue weighted by Crippen LogP contribution is -2.25. The average Bonchev–Trinajstić information content (AvgIpc) is 2.69. The van der Waals surface area contributed by atoms with Crippen molar-refractivity contribution in [2.75, 3.05) is 0 Å². The van der Waals surface area contributed by atoms with Gasteiger partial charge in [-0.15, -0.1) is 0 Å². The van der Waals surface area contributed by atoms with E-state index in [4.69, 9.17) is 0 Å². The smallest absolute Gasteiger partial charge is 0.159 e. The summed E-state index contributed by atoms with van der Waals surface area (Å²) in [5, 5.41) is 0. The molecule has 0 aromatic heterocycles. The Morgan fingerprint density at radius 3 is 1.96 bits per heavy atom. The molecule has 0 heterocycles. The van der Waals surface area contributed by atoms with E-state index in [1.54, 1.807) is 6.07 Å². The van der Waals surface area contributed by atoms with Gasteiger partial charge < -0.3 is 0 Å². The van der Waals surface area contributed by atoms with E-state index in [2.05, 4.69) is 31.2 Å². The van der Waals surface area contributed by atoms with Gasteiger partial charge in [-0.05, 0) is 112 Å². The first-order chi connectivity index (χ1) is 13.2. The molecule has 1 aromatic carbocycles. The molecule has 2 aliphatic carbocycles. The van der Waals surface area contributed by atoms with Crippen LogP contribution in [0.5, 0.6) is 0 Å². The van der Waals surface area contributed by atoms with Gasteiger partial charge in [-0.25, -0.2) is 8.78 Å². The van der Waals surface area contributed by atoms with E-state index in [0.717, 1.165) is 36.2 Å². The number of aryl methyl sites for hydroxylation is 1. The molecule has 0 radical (unpaired) electrons. The highest BCUT2D eigenvalue weighted by molar-refractivity contribution is 5.18. The zero-order valence-electron chi connectivity index (χ0n) is 16.7. The van der Waals surface area contributed by atoms with Crippen LogP contribution >= 0.6 is 0 Å². The molecule has 2 aliphatic rings. The molecule has 1 aromatic rings. The maximum Gasteiger partial charge on any atom is 0.159 e. The molecule has 2 heteroatoms. The second-order valence-corrected chi connectivity index (χ2v) is 8.59. The zero-order chi connectivity index (χ0) is 19.1. The van der Waals surface area contributed by atoms with E-state index in [0.29, 0.717) is 5.92 Å². The summed E-state index contributed by atoms with van der Waals surface area (Å²) in [6, 6.07) is 4.23. The molecule has 0 N–H and O–H groups in total.